The lowest BCUT2D eigenvalue weighted by Crippen LogP contribution is -2.45. The van der Waals surface area contributed by atoms with Crippen LogP contribution in [0.25, 0.3) is 0 Å². The van der Waals surface area contributed by atoms with Crippen LogP contribution in [0.4, 0.5) is 8.78 Å². The maximum Gasteiger partial charge on any atom is 0.246 e. The molecule has 0 spiro atoms. The standard InChI is InChI=1S/C13H18F2N2O3S/c1-2-9-8-17(5-6-20-9)21(18,19)12-4-3-11(14)10(7-16)13(12)15/h3-4,9H,2,5-8,16H2,1H3. The first-order chi connectivity index (χ1) is 9.91. The summed E-state index contributed by atoms with van der Waals surface area (Å²) in [5.74, 6) is -1.96. The number of nitrogens with zero attached hydrogens (tertiary/aromatic N) is 1. The summed E-state index contributed by atoms with van der Waals surface area (Å²) in [5, 5.41) is 0. The van der Waals surface area contributed by atoms with Crippen LogP contribution in [0, 0.1) is 11.6 Å². The molecule has 1 aromatic carbocycles. The summed E-state index contributed by atoms with van der Waals surface area (Å²) in [4.78, 5) is -0.541. The van der Waals surface area contributed by atoms with E-state index in [0.29, 0.717) is 6.42 Å². The summed E-state index contributed by atoms with van der Waals surface area (Å²) in [7, 11) is -4.03. The van der Waals surface area contributed by atoms with E-state index in [2.05, 4.69) is 0 Å². The van der Waals surface area contributed by atoms with Gasteiger partial charge in [-0.3, -0.25) is 0 Å². The molecule has 1 aliphatic rings. The molecule has 1 unspecified atom stereocenters. The van der Waals surface area contributed by atoms with Gasteiger partial charge < -0.3 is 10.5 Å². The fraction of sp³-hybridized carbons (Fsp3) is 0.538. The molecule has 5 nitrogen and oxygen atoms in total. The highest BCUT2D eigenvalue weighted by molar-refractivity contribution is 7.89. The number of nitrogens with two attached hydrogens (primary N) is 1. The van der Waals surface area contributed by atoms with E-state index in [4.69, 9.17) is 10.5 Å². The molecule has 1 aliphatic heterocycles. The predicted octanol–water partition coefficient (Wildman–Crippen LogP) is 1.22. The second-order valence-electron chi connectivity index (χ2n) is 4.81. The van der Waals surface area contributed by atoms with Crippen molar-refractivity contribution in [2.24, 2.45) is 5.73 Å². The van der Waals surface area contributed by atoms with E-state index >= 15 is 0 Å². The third kappa shape index (κ3) is 3.08. The molecule has 1 saturated heterocycles. The van der Waals surface area contributed by atoms with Crippen LogP contribution in [0.15, 0.2) is 17.0 Å². The highest BCUT2D eigenvalue weighted by Crippen LogP contribution is 2.25. The summed E-state index contributed by atoms with van der Waals surface area (Å²) in [6.07, 6.45) is 0.442. The first kappa shape index (κ1) is 16.3. The number of benzene rings is 1. The number of morpholine rings is 1. The molecule has 0 saturated carbocycles. The van der Waals surface area contributed by atoms with Crippen molar-refractivity contribution in [1.29, 1.82) is 0 Å². The number of sulfonamides is 1. The Labute approximate surface area is 122 Å². The number of rotatable bonds is 4. The van der Waals surface area contributed by atoms with Gasteiger partial charge in [0.15, 0.2) is 5.82 Å². The van der Waals surface area contributed by atoms with Gasteiger partial charge in [0.2, 0.25) is 10.0 Å². The van der Waals surface area contributed by atoms with E-state index in [1.807, 2.05) is 6.92 Å². The zero-order valence-corrected chi connectivity index (χ0v) is 12.5. The van der Waals surface area contributed by atoms with Crippen LogP contribution in [-0.4, -0.2) is 38.5 Å². The van der Waals surface area contributed by atoms with Crippen molar-refractivity contribution < 1.29 is 21.9 Å². The molecule has 1 heterocycles. The highest BCUT2D eigenvalue weighted by atomic mass is 32.2. The lowest BCUT2D eigenvalue weighted by atomic mass is 10.2. The number of hydrogen-bond acceptors (Lipinski definition) is 4. The van der Waals surface area contributed by atoms with E-state index in [1.54, 1.807) is 0 Å². The van der Waals surface area contributed by atoms with Crippen molar-refractivity contribution in [3.05, 3.63) is 29.3 Å². The summed E-state index contributed by atoms with van der Waals surface area (Å²) in [6.45, 7) is 2.04. The molecule has 1 aromatic rings. The Morgan fingerprint density at radius 1 is 1.43 bits per heavy atom. The van der Waals surface area contributed by atoms with Gasteiger partial charge in [0.25, 0.3) is 0 Å². The van der Waals surface area contributed by atoms with Crippen LogP contribution in [0.2, 0.25) is 0 Å². The Morgan fingerprint density at radius 3 is 2.76 bits per heavy atom. The van der Waals surface area contributed by atoms with Crippen molar-refractivity contribution in [2.45, 2.75) is 30.9 Å². The molecule has 21 heavy (non-hydrogen) atoms. The first-order valence-electron chi connectivity index (χ1n) is 6.70. The highest BCUT2D eigenvalue weighted by Gasteiger charge is 2.33. The molecule has 8 heteroatoms. The van der Waals surface area contributed by atoms with Crippen LogP contribution in [0.3, 0.4) is 0 Å². The Bertz CT molecular complexity index is 622. The van der Waals surface area contributed by atoms with Gasteiger partial charge in [0.1, 0.15) is 10.7 Å². The van der Waals surface area contributed by atoms with Gasteiger partial charge in [0, 0.05) is 25.2 Å². The number of halogens is 2. The molecule has 1 atom stereocenters. The average Bonchev–Trinajstić information content (AvgIpc) is 2.47. The van der Waals surface area contributed by atoms with Crippen LogP contribution in [0.5, 0.6) is 0 Å². The second kappa shape index (κ2) is 6.35. The van der Waals surface area contributed by atoms with Gasteiger partial charge in [-0.05, 0) is 18.6 Å². The van der Waals surface area contributed by atoms with Gasteiger partial charge in [-0.2, -0.15) is 4.31 Å². The Morgan fingerprint density at radius 2 is 2.14 bits per heavy atom. The minimum absolute atomic E-state index is 0.146. The third-order valence-corrected chi connectivity index (χ3v) is 5.41. The molecule has 0 aliphatic carbocycles. The van der Waals surface area contributed by atoms with Crippen molar-refractivity contribution >= 4 is 10.0 Å². The van der Waals surface area contributed by atoms with Crippen molar-refractivity contribution in [2.75, 3.05) is 19.7 Å². The van der Waals surface area contributed by atoms with Gasteiger partial charge >= 0.3 is 0 Å². The summed E-state index contributed by atoms with van der Waals surface area (Å²) >= 11 is 0. The molecule has 0 amide bonds. The quantitative estimate of drug-likeness (QED) is 0.905. The fourth-order valence-corrected chi connectivity index (χ4v) is 3.80. The van der Waals surface area contributed by atoms with Crippen molar-refractivity contribution in [3.63, 3.8) is 0 Å². The molecule has 0 bridgehead atoms. The summed E-state index contributed by atoms with van der Waals surface area (Å²) in [6, 6.07) is 1.87. The fourth-order valence-electron chi connectivity index (χ4n) is 2.26. The van der Waals surface area contributed by atoms with Gasteiger partial charge in [-0.25, -0.2) is 17.2 Å². The molecule has 2 N–H and O–H groups in total. The molecular formula is C13H18F2N2O3S. The average molecular weight is 320 g/mol. The zero-order chi connectivity index (χ0) is 15.6. The number of ether oxygens (including phenoxy) is 1. The Hall–Kier alpha value is -1.09. The number of hydrogen-bond donors (Lipinski definition) is 1. The van der Waals surface area contributed by atoms with E-state index in [0.717, 1.165) is 12.1 Å². The van der Waals surface area contributed by atoms with Crippen LogP contribution in [0.1, 0.15) is 18.9 Å². The minimum Gasteiger partial charge on any atom is -0.375 e. The maximum atomic E-state index is 14.2. The van der Waals surface area contributed by atoms with Crippen LogP contribution >= 0.6 is 0 Å². The van der Waals surface area contributed by atoms with Crippen LogP contribution < -0.4 is 5.73 Å². The van der Waals surface area contributed by atoms with E-state index < -0.39 is 38.7 Å². The lowest BCUT2D eigenvalue weighted by Gasteiger charge is -2.31. The van der Waals surface area contributed by atoms with E-state index in [-0.39, 0.29) is 25.8 Å². The van der Waals surface area contributed by atoms with E-state index in [1.165, 1.54) is 4.31 Å². The largest absolute Gasteiger partial charge is 0.375 e. The normalized spacial score (nSPS) is 20.7. The predicted molar refractivity (Wildman–Crippen MR) is 73.0 cm³/mol. The monoisotopic (exact) mass is 320 g/mol. The zero-order valence-electron chi connectivity index (χ0n) is 11.7. The third-order valence-electron chi connectivity index (χ3n) is 3.53. The second-order valence-corrected chi connectivity index (χ2v) is 6.71. The topological polar surface area (TPSA) is 72.6 Å². The smallest absolute Gasteiger partial charge is 0.246 e. The maximum absolute atomic E-state index is 14.2. The van der Waals surface area contributed by atoms with Gasteiger partial charge in [-0.1, -0.05) is 6.92 Å². The van der Waals surface area contributed by atoms with Gasteiger partial charge in [0.05, 0.1) is 12.7 Å². The Kier molecular flexibility index (Phi) is 4.92. The lowest BCUT2D eigenvalue weighted by molar-refractivity contribution is -0.00283. The van der Waals surface area contributed by atoms with E-state index in [9.17, 15) is 17.2 Å². The molecule has 0 aromatic heterocycles. The molecule has 1 fully saturated rings. The van der Waals surface area contributed by atoms with Crippen molar-refractivity contribution in [3.8, 4) is 0 Å². The SMILES string of the molecule is CCC1CN(S(=O)(=O)c2ccc(F)c(CN)c2F)CCO1. The summed E-state index contributed by atoms with van der Waals surface area (Å²) in [5.41, 5.74) is 4.86. The minimum atomic E-state index is -4.03. The first-order valence-corrected chi connectivity index (χ1v) is 8.14. The molecule has 2 rings (SSSR count). The van der Waals surface area contributed by atoms with Gasteiger partial charge in [-0.15, -0.1) is 0 Å². The van der Waals surface area contributed by atoms with Crippen molar-refractivity contribution in [1.82, 2.24) is 4.31 Å². The Balaban J connectivity index is 2.40. The summed E-state index contributed by atoms with van der Waals surface area (Å²) < 4.78 is 59.2. The molecule has 0 radical (unpaired) electrons. The molecular weight excluding hydrogens is 302 g/mol. The molecule has 118 valence electrons. The van der Waals surface area contributed by atoms with Crippen LogP contribution in [-0.2, 0) is 21.3 Å².